The standard InChI is InChI=1S/C11H15N5S/c1-16-9-14-15-11(16)17-7-6-12-8-10-4-2-3-5-13-10/h2-5,9,12H,6-8H2,1H3. The van der Waals surface area contributed by atoms with E-state index in [1.54, 1.807) is 18.1 Å². The molecule has 0 aliphatic rings. The largest absolute Gasteiger partial charge is 0.312 e. The molecule has 2 heterocycles. The summed E-state index contributed by atoms with van der Waals surface area (Å²) in [6, 6.07) is 5.94. The van der Waals surface area contributed by atoms with E-state index < -0.39 is 0 Å². The Labute approximate surface area is 105 Å². The average Bonchev–Trinajstić information content (AvgIpc) is 2.76. The molecular weight excluding hydrogens is 234 g/mol. The van der Waals surface area contributed by atoms with Gasteiger partial charge in [0.25, 0.3) is 0 Å². The molecule has 0 radical (unpaired) electrons. The van der Waals surface area contributed by atoms with E-state index in [9.17, 15) is 0 Å². The molecule has 0 spiro atoms. The Balaban J connectivity index is 1.63. The van der Waals surface area contributed by atoms with Gasteiger partial charge >= 0.3 is 0 Å². The minimum absolute atomic E-state index is 0.806. The molecule has 2 aromatic heterocycles. The first-order valence-corrected chi connectivity index (χ1v) is 6.42. The first-order chi connectivity index (χ1) is 8.36. The van der Waals surface area contributed by atoms with Crippen molar-refractivity contribution in [2.45, 2.75) is 11.7 Å². The highest BCUT2D eigenvalue weighted by molar-refractivity contribution is 7.99. The zero-order valence-corrected chi connectivity index (χ0v) is 10.5. The highest BCUT2D eigenvalue weighted by atomic mass is 32.2. The maximum absolute atomic E-state index is 4.24. The van der Waals surface area contributed by atoms with Gasteiger partial charge in [-0.25, -0.2) is 0 Å². The highest BCUT2D eigenvalue weighted by Crippen LogP contribution is 2.11. The van der Waals surface area contributed by atoms with Crippen LogP contribution in [-0.4, -0.2) is 32.0 Å². The second kappa shape index (κ2) is 6.36. The fraction of sp³-hybridized carbons (Fsp3) is 0.364. The van der Waals surface area contributed by atoms with Crippen LogP contribution >= 0.6 is 11.8 Å². The van der Waals surface area contributed by atoms with Gasteiger partial charge in [0.15, 0.2) is 5.16 Å². The van der Waals surface area contributed by atoms with Gasteiger partial charge in [-0.05, 0) is 12.1 Å². The normalized spacial score (nSPS) is 10.6. The van der Waals surface area contributed by atoms with Gasteiger partial charge in [0.1, 0.15) is 6.33 Å². The second-order valence-electron chi connectivity index (χ2n) is 3.57. The van der Waals surface area contributed by atoms with Crippen molar-refractivity contribution >= 4 is 11.8 Å². The Hall–Kier alpha value is -1.40. The molecule has 0 saturated carbocycles. The molecule has 1 N–H and O–H groups in total. The first kappa shape index (κ1) is 12.1. The molecule has 5 nitrogen and oxygen atoms in total. The zero-order valence-electron chi connectivity index (χ0n) is 9.71. The van der Waals surface area contributed by atoms with E-state index in [4.69, 9.17) is 0 Å². The fourth-order valence-electron chi connectivity index (χ4n) is 1.34. The van der Waals surface area contributed by atoms with E-state index in [0.29, 0.717) is 0 Å². The minimum Gasteiger partial charge on any atom is -0.312 e. The number of hydrogen-bond donors (Lipinski definition) is 1. The summed E-state index contributed by atoms with van der Waals surface area (Å²) in [5, 5.41) is 12.1. The summed E-state index contributed by atoms with van der Waals surface area (Å²) in [6.45, 7) is 1.73. The summed E-state index contributed by atoms with van der Waals surface area (Å²) in [7, 11) is 1.95. The van der Waals surface area contributed by atoms with Crippen molar-refractivity contribution in [3.63, 3.8) is 0 Å². The summed E-state index contributed by atoms with van der Waals surface area (Å²) in [4.78, 5) is 4.24. The van der Waals surface area contributed by atoms with Crippen LogP contribution in [0.5, 0.6) is 0 Å². The van der Waals surface area contributed by atoms with Gasteiger partial charge in [0.05, 0.1) is 5.69 Å². The molecule has 0 amide bonds. The number of thioether (sulfide) groups is 1. The van der Waals surface area contributed by atoms with Crippen molar-refractivity contribution in [1.29, 1.82) is 0 Å². The highest BCUT2D eigenvalue weighted by Gasteiger charge is 2.00. The lowest BCUT2D eigenvalue weighted by molar-refractivity contribution is 0.713. The number of pyridine rings is 1. The Kier molecular flexibility index (Phi) is 4.52. The molecule has 90 valence electrons. The monoisotopic (exact) mass is 249 g/mol. The van der Waals surface area contributed by atoms with Crippen LogP contribution in [0.4, 0.5) is 0 Å². The first-order valence-electron chi connectivity index (χ1n) is 5.43. The SMILES string of the molecule is Cn1cnnc1SCCNCc1ccccn1. The van der Waals surface area contributed by atoms with Crippen LogP contribution in [0, 0.1) is 0 Å². The van der Waals surface area contributed by atoms with Crippen molar-refractivity contribution in [2.24, 2.45) is 7.05 Å². The number of hydrogen-bond acceptors (Lipinski definition) is 5. The molecule has 0 aromatic carbocycles. The third kappa shape index (κ3) is 3.83. The predicted molar refractivity (Wildman–Crippen MR) is 67.7 cm³/mol. The maximum Gasteiger partial charge on any atom is 0.190 e. The quantitative estimate of drug-likeness (QED) is 0.613. The number of nitrogens with one attached hydrogen (secondary N) is 1. The summed E-state index contributed by atoms with van der Waals surface area (Å²) in [5.41, 5.74) is 1.07. The van der Waals surface area contributed by atoms with Crippen LogP contribution in [0.15, 0.2) is 35.9 Å². The molecule has 0 unspecified atom stereocenters. The van der Waals surface area contributed by atoms with Gasteiger partial charge in [-0.3, -0.25) is 4.98 Å². The summed E-state index contributed by atoms with van der Waals surface area (Å²) in [6.07, 6.45) is 3.52. The van der Waals surface area contributed by atoms with Crippen LogP contribution in [0.1, 0.15) is 5.69 Å². The van der Waals surface area contributed by atoms with E-state index in [0.717, 1.165) is 29.7 Å². The van der Waals surface area contributed by atoms with Crippen molar-refractivity contribution in [1.82, 2.24) is 25.1 Å². The van der Waals surface area contributed by atoms with Gasteiger partial charge in [-0.1, -0.05) is 17.8 Å². The number of nitrogens with zero attached hydrogens (tertiary/aromatic N) is 4. The molecule has 2 rings (SSSR count). The van der Waals surface area contributed by atoms with E-state index in [-0.39, 0.29) is 0 Å². The van der Waals surface area contributed by atoms with Crippen LogP contribution in [0.25, 0.3) is 0 Å². The summed E-state index contributed by atoms with van der Waals surface area (Å²) < 4.78 is 1.92. The smallest absolute Gasteiger partial charge is 0.190 e. The lowest BCUT2D eigenvalue weighted by atomic mass is 10.3. The van der Waals surface area contributed by atoms with Crippen molar-refractivity contribution in [3.8, 4) is 0 Å². The van der Waals surface area contributed by atoms with Gasteiger partial charge in [0.2, 0.25) is 0 Å². The lowest BCUT2D eigenvalue weighted by Gasteiger charge is -2.03. The van der Waals surface area contributed by atoms with E-state index in [1.165, 1.54) is 0 Å². The summed E-state index contributed by atoms with van der Waals surface area (Å²) in [5.74, 6) is 0.972. The average molecular weight is 249 g/mol. The number of rotatable bonds is 6. The Morgan fingerprint density at radius 2 is 2.35 bits per heavy atom. The van der Waals surface area contributed by atoms with E-state index in [2.05, 4.69) is 20.5 Å². The molecule has 0 fully saturated rings. The molecule has 0 atom stereocenters. The molecule has 0 saturated heterocycles. The molecule has 6 heteroatoms. The summed E-state index contributed by atoms with van der Waals surface area (Å²) >= 11 is 1.70. The van der Waals surface area contributed by atoms with Gasteiger partial charge in [-0.2, -0.15) is 0 Å². The topological polar surface area (TPSA) is 55.6 Å². The van der Waals surface area contributed by atoms with Gasteiger partial charge in [-0.15, -0.1) is 10.2 Å². The Bertz CT molecular complexity index is 442. The zero-order chi connectivity index (χ0) is 11.9. The Morgan fingerprint density at radius 3 is 3.06 bits per heavy atom. The van der Waals surface area contributed by atoms with Crippen molar-refractivity contribution < 1.29 is 0 Å². The molecule has 17 heavy (non-hydrogen) atoms. The van der Waals surface area contributed by atoms with Crippen LogP contribution < -0.4 is 5.32 Å². The van der Waals surface area contributed by atoms with Crippen LogP contribution in [0.3, 0.4) is 0 Å². The predicted octanol–water partition coefficient (Wildman–Crippen LogP) is 1.09. The van der Waals surface area contributed by atoms with Crippen LogP contribution in [-0.2, 0) is 13.6 Å². The van der Waals surface area contributed by atoms with E-state index in [1.807, 2.05) is 36.0 Å². The molecular formula is C11H15N5S. The van der Waals surface area contributed by atoms with Crippen molar-refractivity contribution in [3.05, 3.63) is 36.4 Å². The third-order valence-corrected chi connectivity index (χ3v) is 3.25. The second-order valence-corrected chi connectivity index (χ2v) is 4.63. The van der Waals surface area contributed by atoms with E-state index >= 15 is 0 Å². The fourth-order valence-corrected chi connectivity index (χ4v) is 2.12. The Morgan fingerprint density at radius 1 is 1.41 bits per heavy atom. The molecule has 0 aliphatic heterocycles. The third-order valence-electron chi connectivity index (χ3n) is 2.21. The van der Waals surface area contributed by atoms with Crippen molar-refractivity contribution in [2.75, 3.05) is 12.3 Å². The molecule has 2 aromatic rings. The minimum atomic E-state index is 0.806. The molecule has 0 aliphatic carbocycles. The maximum atomic E-state index is 4.24. The number of aromatic nitrogens is 4. The van der Waals surface area contributed by atoms with Crippen LogP contribution in [0.2, 0.25) is 0 Å². The van der Waals surface area contributed by atoms with Gasteiger partial charge < -0.3 is 9.88 Å². The number of aryl methyl sites for hydroxylation is 1. The lowest BCUT2D eigenvalue weighted by Crippen LogP contribution is -2.17. The molecule has 0 bridgehead atoms. The van der Waals surface area contributed by atoms with Gasteiger partial charge in [0, 0.05) is 32.1 Å².